The number of aromatic hydroxyl groups is 10. The van der Waals surface area contributed by atoms with E-state index in [1.807, 2.05) is 49.4 Å². The van der Waals surface area contributed by atoms with Crippen LogP contribution in [0.3, 0.4) is 0 Å². The zero-order valence-electron chi connectivity index (χ0n) is 39.2. The SMILES string of the molecule is [B]c1c(OOC2C=c3oc4c(O)c(O)c(O)c(O)c4c3=C(O)C(O)=C2C)c([C@H](CC)c2ccc3c(c2)-c2ccccc2C32c3ccccc3Sc3ccccc32)c(O)c(C2CC2)c1-c1c(O)c(O)c(O)c(O)c1O. The standard InChI is InChI=1S/C57H43BO15S/c1-3-25(24-18-19-29-27(20-24)26-10-4-5-11-28(26)57(29)30-12-6-8-14-34(30)74-35-15-9-7-13-31(35)57)37-44(60)36(23-16-17-23)39(40-46(62)49(65)52(68)50(66)47(40)63)42(58)55(37)73-72-32-21-33-38(45(61)43(59)22(32)2)41-48(64)51(67)53(69)54(70)56(41)71-33/h4-15,18-21,23,25,32,59-70H,3,16-17H2,1-2H3/t25-,32?/m1/s1. The van der Waals surface area contributed by atoms with Gasteiger partial charge in [-0.1, -0.05) is 97.5 Å². The molecule has 3 aliphatic carbocycles. The third-order valence-corrected chi connectivity index (χ3v) is 16.2. The van der Waals surface area contributed by atoms with Crippen molar-refractivity contribution >= 4 is 47.9 Å². The van der Waals surface area contributed by atoms with Crippen LogP contribution in [0.25, 0.3) is 45.1 Å². The van der Waals surface area contributed by atoms with Crippen LogP contribution in [0.2, 0.25) is 0 Å². The lowest BCUT2D eigenvalue weighted by Gasteiger charge is -2.39. The van der Waals surface area contributed by atoms with Crippen molar-refractivity contribution in [1.82, 2.24) is 0 Å². The Bertz CT molecular complexity index is 3890. The number of aliphatic hydroxyl groups is 2. The van der Waals surface area contributed by atoms with E-state index >= 15 is 0 Å². The monoisotopic (exact) mass is 1010 g/mol. The average Bonchev–Trinajstić information content (AvgIpc) is 4.14. The number of fused-ring (bicyclic) bond motifs is 12. The van der Waals surface area contributed by atoms with E-state index in [2.05, 4.69) is 48.5 Å². The quantitative estimate of drug-likeness (QED) is 0.0223. The molecular formula is C57H43BO15S. The molecule has 0 amide bonds. The summed E-state index contributed by atoms with van der Waals surface area (Å²) in [5, 5.41) is 132. The minimum Gasteiger partial charge on any atom is -0.507 e. The highest BCUT2D eigenvalue weighted by Gasteiger charge is 2.50. The second-order valence-corrected chi connectivity index (χ2v) is 20.0. The summed E-state index contributed by atoms with van der Waals surface area (Å²) in [7, 11) is 7.15. The van der Waals surface area contributed by atoms with E-state index in [4.69, 9.17) is 22.0 Å². The van der Waals surface area contributed by atoms with Crippen LogP contribution >= 0.6 is 11.8 Å². The van der Waals surface area contributed by atoms with Gasteiger partial charge in [-0.3, -0.25) is 0 Å². The largest absolute Gasteiger partial charge is 0.507 e. The number of aliphatic hydroxyl groups excluding tert-OH is 2. The van der Waals surface area contributed by atoms with E-state index in [9.17, 15) is 61.3 Å². The predicted molar refractivity (Wildman–Crippen MR) is 273 cm³/mol. The molecule has 2 heterocycles. The van der Waals surface area contributed by atoms with Crippen molar-refractivity contribution in [3.8, 4) is 85.5 Å². The lowest BCUT2D eigenvalue weighted by Crippen LogP contribution is -2.31. The molecule has 1 aromatic heterocycles. The van der Waals surface area contributed by atoms with E-state index in [0.29, 0.717) is 24.8 Å². The van der Waals surface area contributed by atoms with Crippen LogP contribution in [0, 0.1) is 0 Å². The van der Waals surface area contributed by atoms with Gasteiger partial charge in [-0.15, -0.1) is 0 Å². The molecule has 8 aromatic rings. The molecule has 12 N–H and O–H groups in total. The maximum absolute atomic E-state index is 12.9. The summed E-state index contributed by atoms with van der Waals surface area (Å²) in [4.78, 5) is 14.6. The lowest BCUT2D eigenvalue weighted by atomic mass is 9.67. The molecule has 12 rings (SSSR count). The minimum absolute atomic E-state index is 0.0895. The molecular weight excluding hydrogens is 967 g/mol. The molecule has 2 atom stereocenters. The van der Waals surface area contributed by atoms with Crippen LogP contribution in [0.1, 0.15) is 83.9 Å². The first kappa shape index (κ1) is 46.4. The van der Waals surface area contributed by atoms with Crippen molar-refractivity contribution in [2.45, 2.75) is 66.3 Å². The van der Waals surface area contributed by atoms with Crippen molar-refractivity contribution in [3.63, 3.8) is 0 Å². The maximum atomic E-state index is 12.9. The smallest absolute Gasteiger partial charge is 0.208 e. The number of phenolic OH excluding ortho intramolecular Hbond substituents is 10. The van der Waals surface area contributed by atoms with Crippen LogP contribution in [-0.4, -0.2) is 75.2 Å². The van der Waals surface area contributed by atoms with Crippen LogP contribution < -0.4 is 21.0 Å². The summed E-state index contributed by atoms with van der Waals surface area (Å²) in [5.74, 6) is -13.6. The second-order valence-electron chi connectivity index (χ2n) is 18.9. The van der Waals surface area contributed by atoms with Crippen molar-refractivity contribution < 1.29 is 75.5 Å². The Morgan fingerprint density at radius 1 is 0.635 bits per heavy atom. The second kappa shape index (κ2) is 16.4. The van der Waals surface area contributed by atoms with Gasteiger partial charge in [-0.05, 0) is 100 Å². The number of hydrogen-bond donors (Lipinski definition) is 12. The van der Waals surface area contributed by atoms with Crippen LogP contribution in [-0.2, 0) is 10.3 Å². The van der Waals surface area contributed by atoms with Crippen LogP contribution in [0.5, 0.6) is 63.2 Å². The van der Waals surface area contributed by atoms with Gasteiger partial charge in [0.05, 0.1) is 21.6 Å². The molecule has 17 heteroatoms. The van der Waals surface area contributed by atoms with Gasteiger partial charge in [0, 0.05) is 32.4 Å². The van der Waals surface area contributed by atoms with Gasteiger partial charge in [-0.25, -0.2) is 0 Å². The molecule has 1 fully saturated rings. The number of phenols is 10. The third-order valence-electron chi connectivity index (χ3n) is 15.0. The Hall–Kier alpha value is -8.67. The lowest BCUT2D eigenvalue weighted by molar-refractivity contribution is -0.217. The molecule has 2 radical (unpaired) electrons. The van der Waals surface area contributed by atoms with Gasteiger partial charge in [-0.2, -0.15) is 4.89 Å². The fourth-order valence-electron chi connectivity index (χ4n) is 11.4. The van der Waals surface area contributed by atoms with Crippen molar-refractivity contribution in [2.24, 2.45) is 0 Å². The highest BCUT2D eigenvalue weighted by molar-refractivity contribution is 7.99. The summed E-state index contributed by atoms with van der Waals surface area (Å²) in [6, 6.07) is 31.2. The van der Waals surface area contributed by atoms with E-state index in [1.165, 1.54) is 13.0 Å². The van der Waals surface area contributed by atoms with E-state index in [-0.39, 0.29) is 38.9 Å². The Morgan fingerprint density at radius 2 is 1.20 bits per heavy atom. The Morgan fingerprint density at radius 3 is 1.84 bits per heavy atom. The van der Waals surface area contributed by atoms with Gasteiger partial charge in [0.15, 0.2) is 46.2 Å². The molecule has 370 valence electrons. The van der Waals surface area contributed by atoms with Gasteiger partial charge in [0.2, 0.25) is 34.5 Å². The van der Waals surface area contributed by atoms with Gasteiger partial charge < -0.3 is 70.6 Å². The average molecular weight is 1010 g/mol. The number of hydrogen-bond acceptors (Lipinski definition) is 16. The Balaban J connectivity index is 1.08. The first-order valence-electron chi connectivity index (χ1n) is 23.6. The molecule has 0 saturated heterocycles. The first-order chi connectivity index (χ1) is 35.5. The Labute approximate surface area is 425 Å². The number of furan rings is 1. The molecule has 4 aliphatic rings. The predicted octanol–water partition coefficient (Wildman–Crippen LogP) is 8.87. The summed E-state index contributed by atoms with van der Waals surface area (Å²) in [6.45, 7) is 3.25. The van der Waals surface area contributed by atoms with Crippen LogP contribution in [0.15, 0.2) is 117 Å². The number of benzene rings is 7. The summed E-state index contributed by atoms with van der Waals surface area (Å²) >= 11 is 1.72. The third kappa shape index (κ3) is 6.19. The van der Waals surface area contributed by atoms with Crippen LogP contribution in [0.4, 0.5) is 0 Å². The molecule has 1 saturated carbocycles. The molecule has 0 bridgehead atoms. The van der Waals surface area contributed by atoms with Gasteiger partial charge in [0.1, 0.15) is 19.0 Å². The van der Waals surface area contributed by atoms with E-state index in [0.717, 1.165) is 43.2 Å². The van der Waals surface area contributed by atoms with Gasteiger partial charge >= 0.3 is 0 Å². The van der Waals surface area contributed by atoms with Crippen molar-refractivity contribution in [1.29, 1.82) is 0 Å². The highest BCUT2D eigenvalue weighted by Crippen LogP contribution is 2.64. The zero-order chi connectivity index (χ0) is 52.0. The van der Waals surface area contributed by atoms with E-state index < -0.39 is 114 Å². The first-order valence-corrected chi connectivity index (χ1v) is 24.4. The summed E-state index contributed by atoms with van der Waals surface area (Å²) in [6.07, 6.45) is 0.979. The molecule has 1 spiro atoms. The van der Waals surface area contributed by atoms with Crippen molar-refractivity contribution in [3.05, 3.63) is 152 Å². The molecule has 15 nitrogen and oxygen atoms in total. The van der Waals surface area contributed by atoms with Gasteiger partial charge in [0.25, 0.3) is 0 Å². The molecule has 1 aliphatic heterocycles. The topological polar surface area (TPSA) is 274 Å². The van der Waals surface area contributed by atoms with E-state index in [1.54, 1.807) is 11.8 Å². The number of rotatable bonds is 8. The highest BCUT2D eigenvalue weighted by atomic mass is 32.2. The Kier molecular flexibility index (Phi) is 10.3. The maximum Gasteiger partial charge on any atom is 0.208 e. The molecule has 7 aromatic carbocycles. The molecule has 74 heavy (non-hydrogen) atoms. The fourth-order valence-corrected chi connectivity index (χ4v) is 12.6. The zero-order valence-corrected chi connectivity index (χ0v) is 40.0. The molecule has 1 unspecified atom stereocenters. The van der Waals surface area contributed by atoms with Crippen molar-refractivity contribution in [2.75, 3.05) is 0 Å². The summed E-state index contributed by atoms with van der Waals surface area (Å²) in [5.41, 5.74) is 4.25. The normalized spacial score (nSPS) is 16.5. The summed E-state index contributed by atoms with van der Waals surface area (Å²) < 4.78 is 5.79. The minimum atomic E-state index is -1.54. The fraction of sp³-hybridized carbons (Fsp3) is 0.158.